The van der Waals surface area contributed by atoms with E-state index in [0.717, 1.165) is 22.8 Å². The van der Waals surface area contributed by atoms with Crippen LogP contribution in [0.25, 0.3) is 0 Å². The zero-order chi connectivity index (χ0) is 14.8. The van der Waals surface area contributed by atoms with Crippen LogP contribution in [0.4, 0.5) is 0 Å². The van der Waals surface area contributed by atoms with Gasteiger partial charge in [0, 0.05) is 13.1 Å². The molecule has 6 heteroatoms. The van der Waals surface area contributed by atoms with Gasteiger partial charge in [-0.3, -0.25) is 4.79 Å². The van der Waals surface area contributed by atoms with Gasteiger partial charge in [-0.15, -0.1) is 11.3 Å². The topological polar surface area (TPSA) is 51.7 Å². The van der Waals surface area contributed by atoms with E-state index in [1.807, 2.05) is 32.0 Å². The van der Waals surface area contributed by atoms with E-state index in [9.17, 15) is 4.79 Å². The Morgan fingerprint density at radius 1 is 1.38 bits per heavy atom. The summed E-state index contributed by atoms with van der Waals surface area (Å²) in [6.07, 6.45) is 0. The number of hydrogen-bond donors (Lipinski definition) is 0. The van der Waals surface area contributed by atoms with Crippen LogP contribution in [-0.4, -0.2) is 29.1 Å². The van der Waals surface area contributed by atoms with E-state index in [-0.39, 0.29) is 12.7 Å². The number of ether oxygens (including phenoxy) is 2. The van der Waals surface area contributed by atoms with Crippen LogP contribution in [-0.2, 0) is 6.54 Å². The molecule has 1 aromatic heterocycles. The minimum absolute atomic E-state index is 0.0233. The van der Waals surface area contributed by atoms with E-state index in [2.05, 4.69) is 4.98 Å². The Balaban J connectivity index is 1.78. The summed E-state index contributed by atoms with van der Waals surface area (Å²) < 4.78 is 10.7. The second-order valence-electron chi connectivity index (χ2n) is 4.77. The van der Waals surface area contributed by atoms with Gasteiger partial charge in [0.1, 0.15) is 4.88 Å². The van der Waals surface area contributed by atoms with E-state index in [4.69, 9.17) is 9.47 Å². The van der Waals surface area contributed by atoms with Crippen LogP contribution in [0.15, 0.2) is 23.7 Å². The summed E-state index contributed by atoms with van der Waals surface area (Å²) in [6, 6.07) is 5.77. The van der Waals surface area contributed by atoms with Crippen LogP contribution in [0.1, 0.15) is 27.9 Å². The van der Waals surface area contributed by atoms with Crippen LogP contribution in [0.3, 0.4) is 0 Å². The molecule has 5 nitrogen and oxygen atoms in total. The van der Waals surface area contributed by atoms with Crippen LogP contribution >= 0.6 is 11.3 Å². The maximum Gasteiger partial charge on any atom is 0.266 e. The van der Waals surface area contributed by atoms with Gasteiger partial charge in [-0.1, -0.05) is 6.07 Å². The highest BCUT2D eigenvalue weighted by atomic mass is 32.1. The summed E-state index contributed by atoms with van der Waals surface area (Å²) in [6.45, 7) is 5.28. The fourth-order valence-corrected chi connectivity index (χ4v) is 3.01. The SMILES string of the molecule is CCN(Cc1ccc2c(c1)OCO2)C(=O)c1scnc1C. The van der Waals surface area contributed by atoms with Gasteiger partial charge in [0.25, 0.3) is 5.91 Å². The summed E-state index contributed by atoms with van der Waals surface area (Å²) in [7, 11) is 0. The molecular weight excluding hydrogens is 288 g/mol. The van der Waals surface area contributed by atoms with Crippen LogP contribution < -0.4 is 9.47 Å². The fraction of sp³-hybridized carbons (Fsp3) is 0.333. The number of aryl methyl sites for hydroxylation is 1. The molecular formula is C15H16N2O3S. The monoisotopic (exact) mass is 304 g/mol. The molecule has 1 aliphatic rings. The molecule has 0 aliphatic carbocycles. The number of rotatable bonds is 4. The number of thiazole rings is 1. The third-order valence-electron chi connectivity index (χ3n) is 3.42. The zero-order valence-electron chi connectivity index (χ0n) is 12.0. The second-order valence-corrected chi connectivity index (χ2v) is 5.63. The molecule has 21 heavy (non-hydrogen) atoms. The standard InChI is InChI=1S/C15H16N2O3S/c1-3-17(15(18)14-10(2)16-8-21-14)7-11-4-5-12-13(6-11)20-9-19-12/h4-6,8H,3,7,9H2,1-2H3. The molecule has 0 unspecified atom stereocenters. The normalized spacial score (nSPS) is 12.5. The van der Waals surface area contributed by atoms with Crippen molar-refractivity contribution < 1.29 is 14.3 Å². The van der Waals surface area contributed by atoms with Crippen molar-refractivity contribution in [3.63, 3.8) is 0 Å². The molecule has 0 saturated carbocycles. The van der Waals surface area contributed by atoms with E-state index >= 15 is 0 Å². The van der Waals surface area contributed by atoms with Crippen molar-refractivity contribution in [2.24, 2.45) is 0 Å². The maximum absolute atomic E-state index is 12.5. The summed E-state index contributed by atoms with van der Waals surface area (Å²) in [5, 5.41) is 0. The lowest BCUT2D eigenvalue weighted by Crippen LogP contribution is -2.30. The number of aromatic nitrogens is 1. The van der Waals surface area contributed by atoms with E-state index in [1.54, 1.807) is 10.4 Å². The molecule has 1 aliphatic heterocycles. The molecule has 1 amide bonds. The first-order valence-electron chi connectivity index (χ1n) is 6.77. The van der Waals surface area contributed by atoms with Crippen molar-refractivity contribution in [2.45, 2.75) is 20.4 Å². The van der Waals surface area contributed by atoms with Crippen molar-refractivity contribution in [2.75, 3.05) is 13.3 Å². The lowest BCUT2D eigenvalue weighted by molar-refractivity contribution is 0.0756. The lowest BCUT2D eigenvalue weighted by Gasteiger charge is -2.20. The van der Waals surface area contributed by atoms with Crippen LogP contribution in [0.5, 0.6) is 11.5 Å². The Morgan fingerprint density at radius 3 is 2.90 bits per heavy atom. The fourth-order valence-electron chi connectivity index (χ4n) is 2.24. The molecule has 3 rings (SSSR count). The molecule has 0 radical (unpaired) electrons. The Morgan fingerprint density at radius 2 is 2.19 bits per heavy atom. The Kier molecular flexibility index (Phi) is 3.79. The third-order valence-corrected chi connectivity index (χ3v) is 4.34. The summed E-state index contributed by atoms with van der Waals surface area (Å²) in [5.41, 5.74) is 3.52. The van der Waals surface area contributed by atoms with Crippen LogP contribution in [0.2, 0.25) is 0 Å². The highest BCUT2D eigenvalue weighted by Gasteiger charge is 2.20. The van der Waals surface area contributed by atoms with Gasteiger partial charge in [0.05, 0.1) is 11.2 Å². The van der Waals surface area contributed by atoms with Gasteiger partial charge in [0.2, 0.25) is 6.79 Å². The molecule has 110 valence electrons. The highest BCUT2D eigenvalue weighted by molar-refractivity contribution is 7.11. The Labute approximate surface area is 127 Å². The lowest BCUT2D eigenvalue weighted by atomic mass is 10.2. The number of carbonyl (C=O) groups excluding carboxylic acids is 1. The second kappa shape index (κ2) is 5.73. The molecule has 1 aromatic carbocycles. The number of amides is 1. The quantitative estimate of drug-likeness (QED) is 0.871. The van der Waals surface area contributed by atoms with E-state index in [0.29, 0.717) is 18.0 Å². The molecule has 2 heterocycles. The Hall–Kier alpha value is -2.08. The van der Waals surface area contributed by atoms with Gasteiger partial charge in [-0.25, -0.2) is 4.98 Å². The summed E-state index contributed by atoms with van der Waals surface area (Å²) >= 11 is 1.39. The smallest absolute Gasteiger partial charge is 0.266 e. The molecule has 0 atom stereocenters. The largest absolute Gasteiger partial charge is 0.454 e. The van der Waals surface area contributed by atoms with Crippen molar-refractivity contribution in [1.29, 1.82) is 0 Å². The Bertz CT molecular complexity index is 669. The van der Waals surface area contributed by atoms with E-state index in [1.165, 1.54) is 11.3 Å². The predicted molar refractivity (Wildman–Crippen MR) is 79.8 cm³/mol. The molecule has 0 fully saturated rings. The number of hydrogen-bond acceptors (Lipinski definition) is 5. The van der Waals surface area contributed by atoms with Crippen molar-refractivity contribution >= 4 is 17.2 Å². The van der Waals surface area contributed by atoms with Crippen LogP contribution in [0, 0.1) is 6.92 Å². The van der Waals surface area contributed by atoms with Crippen molar-refractivity contribution in [3.8, 4) is 11.5 Å². The predicted octanol–water partition coefficient (Wildman–Crippen LogP) is 2.84. The van der Waals surface area contributed by atoms with Crippen molar-refractivity contribution in [1.82, 2.24) is 9.88 Å². The minimum Gasteiger partial charge on any atom is -0.454 e. The molecule has 0 bridgehead atoms. The van der Waals surface area contributed by atoms with Gasteiger partial charge in [-0.2, -0.15) is 0 Å². The third kappa shape index (κ3) is 2.71. The molecule has 2 aromatic rings. The van der Waals surface area contributed by atoms with Gasteiger partial charge in [0.15, 0.2) is 11.5 Å². The first-order valence-corrected chi connectivity index (χ1v) is 7.65. The zero-order valence-corrected chi connectivity index (χ0v) is 12.8. The van der Waals surface area contributed by atoms with Gasteiger partial charge in [-0.05, 0) is 31.5 Å². The molecule has 0 N–H and O–H groups in total. The molecule has 0 saturated heterocycles. The number of benzene rings is 1. The molecule has 0 spiro atoms. The average molecular weight is 304 g/mol. The maximum atomic E-state index is 12.5. The van der Waals surface area contributed by atoms with Crippen molar-refractivity contribution in [3.05, 3.63) is 39.8 Å². The van der Waals surface area contributed by atoms with Gasteiger partial charge >= 0.3 is 0 Å². The van der Waals surface area contributed by atoms with Gasteiger partial charge < -0.3 is 14.4 Å². The first-order chi connectivity index (χ1) is 10.2. The highest BCUT2D eigenvalue weighted by Crippen LogP contribution is 2.33. The van der Waals surface area contributed by atoms with E-state index < -0.39 is 0 Å². The summed E-state index contributed by atoms with van der Waals surface area (Å²) in [4.78, 5) is 19.2. The number of carbonyl (C=O) groups is 1. The number of fused-ring (bicyclic) bond motifs is 1. The number of nitrogens with zero attached hydrogens (tertiary/aromatic N) is 2. The first kappa shape index (κ1) is 13.9. The minimum atomic E-state index is 0.0233. The average Bonchev–Trinajstić information content (AvgIpc) is 3.12. The summed E-state index contributed by atoms with van der Waals surface area (Å²) in [5.74, 6) is 1.52.